The minimum Gasteiger partial charge on any atom is -0.427 e. The number of unbranched alkanes of at least 4 members (excludes halogenated alkanes) is 5. The maximum Gasteiger partial charge on any atom is 0.311 e. The van der Waals surface area contributed by atoms with Crippen LogP contribution in [0.25, 0.3) is 0 Å². The number of hydrogen-bond donors (Lipinski definition) is 3. The number of benzene rings is 1. The zero-order valence-corrected chi connectivity index (χ0v) is 32.1. The summed E-state index contributed by atoms with van der Waals surface area (Å²) in [6, 6.07) is 7.03. The summed E-state index contributed by atoms with van der Waals surface area (Å²) in [7, 11) is -1.04. The van der Waals surface area contributed by atoms with E-state index in [0.29, 0.717) is 36.7 Å². The monoisotopic (exact) mass is 756 g/mol. The van der Waals surface area contributed by atoms with Crippen molar-refractivity contribution in [2.24, 2.45) is 0 Å². The lowest BCUT2D eigenvalue weighted by atomic mass is 9.78. The predicted octanol–water partition coefficient (Wildman–Crippen LogP) is 5.94. The molecule has 2 amide bonds. The summed E-state index contributed by atoms with van der Waals surface area (Å²) in [6.45, 7) is 4.75. The highest BCUT2D eigenvalue weighted by molar-refractivity contribution is 7.85. The van der Waals surface area contributed by atoms with Gasteiger partial charge in [-0.15, -0.1) is 0 Å². The number of imide groups is 1. The number of piperidine rings is 2. The summed E-state index contributed by atoms with van der Waals surface area (Å²) in [5.41, 5.74) is 2.64. The van der Waals surface area contributed by atoms with Crippen LogP contribution in [0.2, 0.25) is 0 Å². The third-order valence-electron chi connectivity index (χ3n) is 11.2. The summed E-state index contributed by atoms with van der Waals surface area (Å²) < 4.78 is 18.3. The van der Waals surface area contributed by atoms with Crippen molar-refractivity contribution in [2.75, 3.05) is 40.9 Å². The molecule has 13 nitrogen and oxygen atoms in total. The molecule has 4 aliphatic rings. The number of anilines is 3. The number of aryl methyl sites for hydroxylation is 1. The van der Waals surface area contributed by atoms with Crippen LogP contribution >= 0.6 is 0 Å². The van der Waals surface area contributed by atoms with E-state index < -0.39 is 16.7 Å². The summed E-state index contributed by atoms with van der Waals surface area (Å²) in [6.07, 6.45) is 17.0. The van der Waals surface area contributed by atoms with Gasteiger partial charge in [-0.05, 0) is 76.0 Å². The molecule has 2 saturated heterocycles. The fraction of sp³-hybridized carbons (Fsp3) is 0.575. The number of carbonyl (C=O) groups excluding carboxylic acids is 3. The first-order valence-electron chi connectivity index (χ1n) is 19.8. The van der Waals surface area contributed by atoms with E-state index in [-0.39, 0.29) is 23.3 Å². The van der Waals surface area contributed by atoms with E-state index >= 15 is 0 Å². The largest absolute Gasteiger partial charge is 0.427 e. The standard InChI is InChI=1S/C40H52N8O5S/c1-40(18-9-19-40)47-37-35-32(17-23-54(35)52)44-39(46-37)48-21-15-27(16-22-48)36-42-25-29(26-43-36)41-20-7-5-3-2-4-6-12-34(50)53-30-11-8-10-28(24-30)31-13-14-33(49)45-38(31)51/h8,10-11,24-27,31,41H,2-7,9,12-23H2,1H3,(H,44,46,47)(H,45,49,51)/t31?,54-/m1/s1. The highest BCUT2D eigenvalue weighted by Crippen LogP contribution is 2.39. The van der Waals surface area contributed by atoms with Gasteiger partial charge in [-0.1, -0.05) is 37.8 Å². The predicted molar refractivity (Wildman–Crippen MR) is 207 cm³/mol. The molecule has 7 rings (SSSR count). The fourth-order valence-corrected chi connectivity index (χ4v) is 9.13. The number of amides is 2. The molecular weight excluding hydrogens is 705 g/mol. The molecule has 0 radical (unpaired) electrons. The van der Waals surface area contributed by atoms with Gasteiger partial charge in [-0.3, -0.25) is 23.9 Å². The number of esters is 1. The van der Waals surface area contributed by atoms with E-state index in [9.17, 15) is 18.6 Å². The van der Waals surface area contributed by atoms with Crippen molar-refractivity contribution >= 4 is 46.0 Å². The highest BCUT2D eigenvalue weighted by atomic mass is 32.2. The average molecular weight is 757 g/mol. The number of aromatic nitrogens is 4. The molecule has 1 unspecified atom stereocenters. The maximum atomic E-state index is 12.8. The van der Waals surface area contributed by atoms with Gasteiger partial charge in [0.1, 0.15) is 22.3 Å². The first-order valence-corrected chi connectivity index (χ1v) is 21.1. The van der Waals surface area contributed by atoms with Gasteiger partial charge in [-0.25, -0.2) is 15.0 Å². The number of rotatable bonds is 16. The molecule has 2 atom stereocenters. The number of carbonyl (C=O) groups is 3. The lowest BCUT2D eigenvalue weighted by Gasteiger charge is -2.40. The summed E-state index contributed by atoms with van der Waals surface area (Å²) in [4.78, 5) is 58.4. The molecule has 3 aliphatic heterocycles. The Hall–Kier alpha value is -4.46. The molecule has 0 spiro atoms. The minimum atomic E-state index is -1.04. The Morgan fingerprint density at radius 3 is 2.50 bits per heavy atom. The van der Waals surface area contributed by atoms with Crippen LogP contribution in [0.3, 0.4) is 0 Å². The maximum absolute atomic E-state index is 12.8. The number of nitrogens with zero attached hydrogens (tertiary/aromatic N) is 5. The van der Waals surface area contributed by atoms with E-state index in [2.05, 4.69) is 27.8 Å². The van der Waals surface area contributed by atoms with Crippen LogP contribution < -0.4 is 25.6 Å². The topological polar surface area (TPSA) is 168 Å². The van der Waals surface area contributed by atoms with E-state index in [0.717, 1.165) is 130 Å². The van der Waals surface area contributed by atoms with Crippen molar-refractivity contribution < 1.29 is 23.3 Å². The van der Waals surface area contributed by atoms with E-state index in [1.165, 1.54) is 6.42 Å². The minimum absolute atomic E-state index is 0.0276. The second-order valence-electron chi connectivity index (χ2n) is 15.4. The van der Waals surface area contributed by atoms with Crippen LogP contribution in [0.4, 0.5) is 17.5 Å². The molecule has 1 aromatic carbocycles. The van der Waals surface area contributed by atoms with Gasteiger partial charge in [0.05, 0.1) is 40.5 Å². The normalized spacial score (nSPS) is 20.9. The van der Waals surface area contributed by atoms with Crippen molar-refractivity contribution in [3.63, 3.8) is 0 Å². The van der Waals surface area contributed by atoms with E-state index in [1.54, 1.807) is 18.2 Å². The van der Waals surface area contributed by atoms with Gasteiger partial charge in [0.15, 0.2) is 0 Å². The van der Waals surface area contributed by atoms with Crippen LogP contribution in [0.1, 0.15) is 126 Å². The second-order valence-corrected chi connectivity index (χ2v) is 16.9. The fourth-order valence-electron chi connectivity index (χ4n) is 7.83. The number of ether oxygens (including phenoxy) is 1. The Bertz CT molecular complexity index is 1840. The molecule has 1 aliphatic carbocycles. The molecule has 54 heavy (non-hydrogen) atoms. The molecule has 3 N–H and O–H groups in total. The van der Waals surface area contributed by atoms with Gasteiger partial charge in [-0.2, -0.15) is 4.98 Å². The average Bonchev–Trinajstić information content (AvgIpc) is 3.54. The molecule has 5 heterocycles. The smallest absolute Gasteiger partial charge is 0.311 e. The molecule has 2 aromatic heterocycles. The first kappa shape index (κ1) is 37.8. The third-order valence-corrected chi connectivity index (χ3v) is 12.7. The number of fused-ring (bicyclic) bond motifs is 1. The molecule has 3 fully saturated rings. The molecular formula is C40H52N8O5S. The van der Waals surface area contributed by atoms with Crippen LogP contribution in [0.15, 0.2) is 41.6 Å². The number of hydrogen-bond acceptors (Lipinski definition) is 12. The molecule has 0 bridgehead atoms. The lowest BCUT2D eigenvalue weighted by molar-refractivity contribution is -0.135. The van der Waals surface area contributed by atoms with Crippen LogP contribution in [-0.4, -0.2) is 72.9 Å². The van der Waals surface area contributed by atoms with Crippen molar-refractivity contribution in [2.45, 2.75) is 126 Å². The molecule has 14 heteroatoms. The highest BCUT2D eigenvalue weighted by Gasteiger charge is 2.36. The van der Waals surface area contributed by atoms with Gasteiger partial charge in [0.25, 0.3) is 0 Å². The third kappa shape index (κ3) is 9.42. The van der Waals surface area contributed by atoms with Crippen molar-refractivity contribution in [3.8, 4) is 5.75 Å². The Labute approximate surface area is 319 Å². The Balaban J connectivity index is 0.760. The summed E-state index contributed by atoms with van der Waals surface area (Å²) in [5.74, 6) is 2.51. The van der Waals surface area contributed by atoms with Crippen molar-refractivity contribution in [1.82, 2.24) is 25.3 Å². The van der Waals surface area contributed by atoms with Crippen molar-refractivity contribution in [3.05, 3.63) is 53.7 Å². The van der Waals surface area contributed by atoms with Crippen LogP contribution in [0.5, 0.6) is 5.75 Å². The van der Waals surface area contributed by atoms with Gasteiger partial charge in [0.2, 0.25) is 17.8 Å². The molecule has 1 saturated carbocycles. The van der Waals surface area contributed by atoms with E-state index in [1.807, 2.05) is 18.5 Å². The van der Waals surface area contributed by atoms with Gasteiger partial charge >= 0.3 is 5.97 Å². The van der Waals surface area contributed by atoms with Gasteiger partial charge < -0.3 is 20.3 Å². The zero-order valence-electron chi connectivity index (χ0n) is 31.2. The van der Waals surface area contributed by atoms with Crippen LogP contribution in [0, 0.1) is 0 Å². The SMILES string of the molecule is CC1(Nc2nc(N3CCC(c4ncc(NCCCCCCCCC(=O)Oc5cccc(C6CCC(=O)NC6=O)c5)cn4)CC3)nc3c2[S@](=O)CC3)CCC1. The molecule has 3 aromatic rings. The Morgan fingerprint density at radius 2 is 1.76 bits per heavy atom. The van der Waals surface area contributed by atoms with Gasteiger partial charge in [0, 0.05) is 56.1 Å². The Morgan fingerprint density at radius 1 is 1.00 bits per heavy atom. The van der Waals surface area contributed by atoms with E-state index in [4.69, 9.17) is 24.7 Å². The Kier molecular flexibility index (Phi) is 12.2. The lowest BCUT2D eigenvalue weighted by Crippen LogP contribution is -2.42. The second kappa shape index (κ2) is 17.3. The van der Waals surface area contributed by atoms with Crippen LogP contribution in [-0.2, 0) is 31.6 Å². The summed E-state index contributed by atoms with van der Waals surface area (Å²) in [5, 5.41) is 9.46. The zero-order chi connectivity index (χ0) is 37.5. The summed E-state index contributed by atoms with van der Waals surface area (Å²) >= 11 is 0. The first-order chi connectivity index (χ1) is 26.2. The quantitative estimate of drug-likeness (QED) is 0.0683. The van der Waals surface area contributed by atoms with Crippen molar-refractivity contribution in [1.29, 1.82) is 0 Å². The molecule has 288 valence electrons. The number of nitrogens with one attached hydrogen (secondary N) is 3.